The van der Waals surface area contributed by atoms with Gasteiger partial charge in [0.2, 0.25) is 0 Å². The van der Waals surface area contributed by atoms with Crippen LogP contribution >= 0.6 is 0 Å². The minimum Gasteiger partial charge on any atom is -0.477 e. The molecule has 0 amide bonds. The molecule has 1 N–H and O–H groups in total. The maximum absolute atomic E-state index is 10.8. The van der Waals surface area contributed by atoms with Gasteiger partial charge in [-0.2, -0.15) is 0 Å². The highest BCUT2D eigenvalue weighted by Gasteiger charge is 2.10. The van der Waals surface area contributed by atoms with Gasteiger partial charge in [-0.25, -0.2) is 9.78 Å². The summed E-state index contributed by atoms with van der Waals surface area (Å²) >= 11 is 0. The lowest BCUT2D eigenvalue weighted by atomic mass is 9.78. The molecule has 2 rings (SSSR count). The van der Waals surface area contributed by atoms with Crippen molar-refractivity contribution >= 4 is 24.5 Å². The number of aromatic nitrogens is 3. The fourth-order valence-electron chi connectivity index (χ4n) is 1.27. The van der Waals surface area contributed by atoms with E-state index in [2.05, 4.69) is 9.97 Å². The Hall–Kier alpha value is -1.85. The Morgan fingerprint density at radius 1 is 1.50 bits per heavy atom. The molecule has 70 valence electrons. The monoisotopic (exact) mass is 189 g/mol. The van der Waals surface area contributed by atoms with Crippen molar-refractivity contribution in [1.29, 1.82) is 0 Å². The van der Waals surface area contributed by atoms with Gasteiger partial charge < -0.3 is 5.11 Å². The van der Waals surface area contributed by atoms with Crippen LogP contribution < -0.4 is 5.59 Å². The van der Waals surface area contributed by atoms with Gasteiger partial charge in [0, 0.05) is 11.8 Å². The average Bonchev–Trinajstić information content (AvgIpc) is 2.59. The second kappa shape index (κ2) is 3.14. The molecule has 0 aliphatic rings. The lowest BCUT2D eigenvalue weighted by molar-refractivity contribution is 0.0689. The maximum atomic E-state index is 10.8. The molecule has 6 heteroatoms. The first-order chi connectivity index (χ1) is 6.72. The van der Waals surface area contributed by atoms with E-state index in [1.165, 1.54) is 10.6 Å². The molecule has 0 spiro atoms. The van der Waals surface area contributed by atoms with E-state index in [-0.39, 0.29) is 5.69 Å². The minimum atomic E-state index is -0.981. The Morgan fingerprint density at radius 3 is 2.93 bits per heavy atom. The second-order valence-corrected chi connectivity index (χ2v) is 2.91. The van der Waals surface area contributed by atoms with Crippen molar-refractivity contribution in [2.45, 2.75) is 6.82 Å². The number of carbonyl (C=O) groups is 1. The largest absolute Gasteiger partial charge is 0.477 e. The van der Waals surface area contributed by atoms with Gasteiger partial charge >= 0.3 is 5.97 Å². The van der Waals surface area contributed by atoms with Crippen LogP contribution in [0.2, 0.25) is 6.82 Å². The van der Waals surface area contributed by atoms with Crippen LogP contribution in [0.5, 0.6) is 0 Å². The van der Waals surface area contributed by atoms with E-state index in [9.17, 15) is 4.79 Å². The van der Waals surface area contributed by atoms with Crippen LogP contribution in [0.3, 0.4) is 0 Å². The highest BCUT2D eigenvalue weighted by Crippen LogP contribution is 2.03. The maximum Gasteiger partial charge on any atom is 0.354 e. The number of imidazole rings is 1. The smallest absolute Gasteiger partial charge is 0.354 e. The number of aromatic carboxylic acids is 1. The van der Waals surface area contributed by atoms with E-state index in [1.54, 1.807) is 12.4 Å². The topological polar surface area (TPSA) is 67.5 Å². The molecule has 0 fully saturated rings. The van der Waals surface area contributed by atoms with Gasteiger partial charge in [0.15, 0.2) is 18.6 Å². The number of rotatable bonds is 2. The van der Waals surface area contributed by atoms with Gasteiger partial charge in [0.25, 0.3) is 0 Å². The molecule has 0 unspecified atom stereocenters. The quantitative estimate of drug-likeness (QED) is 0.649. The Morgan fingerprint density at radius 2 is 2.29 bits per heavy atom. The van der Waals surface area contributed by atoms with E-state index in [4.69, 9.17) is 5.11 Å². The Kier molecular flexibility index (Phi) is 1.96. The molecule has 2 heterocycles. The Labute approximate surface area is 80.7 Å². The van der Waals surface area contributed by atoms with E-state index in [0.717, 1.165) is 12.9 Å². The van der Waals surface area contributed by atoms with Crippen LogP contribution in [0.15, 0.2) is 18.6 Å². The van der Waals surface area contributed by atoms with E-state index >= 15 is 0 Å². The van der Waals surface area contributed by atoms with Crippen molar-refractivity contribution < 1.29 is 9.90 Å². The molecule has 0 atom stereocenters. The number of nitrogens with zero attached hydrogens (tertiary/aromatic N) is 3. The van der Waals surface area contributed by atoms with Crippen molar-refractivity contribution in [2.75, 3.05) is 0 Å². The van der Waals surface area contributed by atoms with Crippen LogP contribution in [0, 0.1) is 0 Å². The highest BCUT2D eigenvalue weighted by molar-refractivity contribution is 6.50. The van der Waals surface area contributed by atoms with Crippen LogP contribution in [0.4, 0.5) is 0 Å². The van der Waals surface area contributed by atoms with E-state index < -0.39 is 5.97 Å². The number of hydrogen-bond acceptors (Lipinski definition) is 3. The normalized spacial score (nSPS) is 10.4. The molecule has 2 aromatic rings. The molecule has 14 heavy (non-hydrogen) atoms. The van der Waals surface area contributed by atoms with Gasteiger partial charge in [0.05, 0.1) is 12.4 Å². The third kappa shape index (κ3) is 1.24. The SMILES string of the molecule is CBc1cn2c(C(=O)O)cnc2cn1. The molecule has 2 aromatic heterocycles. The standard InChI is InChI=1S/C8H8BN3O2/c1-9-6-4-12-5(8(13)14)2-11-7(12)3-10-6/h2-4,9H,1H3,(H,13,14). The van der Waals surface area contributed by atoms with Crippen molar-refractivity contribution in [1.82, 2.24) is 14.4 Å². The zero-order chi connectivity index (χ0) is 10.1. The first-order valence-corrected chi connectivity index (χ1v) is 4.27. The molecule has 0 bridgehead atoms. The Bertz CT molecular complexity index is 494. The molecule has 0 aliphatic carbocycles. The van der Waals surface area contributed by atoms with Crippen molar-refractivity contribution in [3.63, 3.8) is 0 Å². The van der Waals surface area contributed by atoms with Crippen LogP contribution in [-0.4, -0.2) is 32.7 Å². The predicted octanol–water partition coefficient (Wildman–Crippen LogP) is -0.463. The summed E-state index contributed by atoms with van der Waals surface area (Å²) in [7, 11) is 0.771. The summed E-state index contributed by atoms with van der Waals surface area (Å²) in [5, 5.41) is 8.85. The fraction of sp³-hybridized carbons (Fsp3) is 0.125. The molecule has 0 aliphatic heterocycles. The number of hydrogen-bond donors (Lipinski definition) is 1. The van der Waals surface area contributed by atoms with Crippen LogP contribution in [0.1, 0.15) is 10.5 Å². The lowest BCUT2D eigenvalue weighted by Gasteiger charge is -1.98. The molecule has 5 nitrogen and oxygen atoms in total. The summed E-state index contributed by atoms with van der Waals surface area (Å²) in [5.41, 5.74) is 1.56. The summed E-state index contributed by atoms with van der Waals surface area (Å²) in [6.45, 7) is 1.96. The van der Waals surface area contributed by atoms with Crippen molar-refractivity contribution in [3.8, 4) is 0 Å². The van der Waals surface area contributed by atoms with Crippen molar-refractivity contribution in [2.24, 2.45) is 0 Å². The van der Waals surface area contributed by atoms with Gasteiger partial charge in [-0.1, -0.05) is 6.82 Å². The molecule has 0 aromatic carbocycles. The third-order valence-electron chi connectivity index (χ3n) is 2.03. The number of carboxylic acid groups (broad SMARTS) is 1. The zero-order valence-corrected chi connectivity index (χ0v) is 7.64. The summed E-state index contributed by atoms with van der Waals surface area (Å²) in [6, 6.07) is 0. The fourth-order valence-corrected chi connectivity index (χ4v) is 1.27. The van der Waals surface area contributed by atoms with Gasteiger partial charge in [-0.15, -0.1) is 0 Å². The summed E-state index contributed by atoms with van der Waals surface area (Å²) in [5.74, 6) is -0.981. The molecule has 0 saturated heterocycles. The minimum absolute atomic E-state index is 0.164. The predicted molar refractivity (Wildman–Crippen MR) is 52.6 cm³/mol. The summed E-state index contributed by atoms with van der Waals surface area (Å²) < 4.78 is 1.54. The van der Waals surface area contributed by atoms with Gasteiger partial charge in [-0.3, -0.25) is 9.38 Å². The Balaban J connectivity index is 2.69. The van der Waals surface area contributed by atoms with E-state index in [0.29, 0.717) is 5.65 Å². The highest BCUT2D eigenvalue weighted by atomic mass is 16.4. The van der Waals surface area contributed by atoms with E-state index in [1.807, 2.05) is 6.82 Å². The lowest BCUT2D eigenvalue weighted by Crippen LogP contribution is -2.17. The van der Waals surface area contributed by atoms with Gasteiger partial charge in [-0.05, 0) is 0 Å². The second-order valence-electron chi connectivity index (χ2n) is 2.91. The molecular weight excluding hydrogens is 181 g/mol. The zero-order valence-electron chi connectivity index (χ0n) is 7.64. The number of carboxylic acids is 1. The third-order valence-corrected chi connectivity index (χ3v) is 2.03. The first kappa shape index (κ1) is 8.74. The average molecular weight is 189 g/mol. The number of fused-ring (bicyclic) bond motifs is 1. The van der Waals surface area contributed by atoms with Crippen molar-refractivity contribution in [3.05, 3.63) is 24.3 Å². The molecule has 0 radical (unpaired) electrons. The first-order valence-electron chi connectivity index (χ1n) is 4.27. The van der Waals surface area contributed by atoms with Crippen LogP contribution in [-0.2, 0) is 0 Å². The molecular formula is C8H8BN3O2. The summed E-state index contributed by atoms with van der Waals surface area (Å²) in [6.07, 6.45) is 4.61. The molecule has 0 saturated carbocycles. The summed E-state index contributed by atoms with van der Waals surface area (Å²) in [4.78, 5) is 18.9. The van der Waals surface area contributed by atoms with Gasteiger partial charge in [0.1, 0.15) is 0 Å². The van der Waals surface area contributed by atoms with Crippen LogP contribution in [0.25, 0.3) is 5.65 Å².